The van der Waals surface area contributed by atoms with E-state index < -0.39 is 11.9 Å². The van der Waals surface area contributed by atoms with Gasteiger partial charge in [-0.3, -0.25) is 5.41 Å². The first-order valence-corrected chi connectivity index (χ1v) is 15.9. The van der Waals surface area contributed by atoms with Crippen molar-refractivity contribution >= 4 is 29.4 Å². The van der Waals surface area contributed by atoms with Crippen LogP contribution in [0.3, 0.4) is 0 Å². The van der Waals surface area contributed by atoms with E-state index in [1.165, 1.54) is 0 Å². The predicted octanol–water partition coefficient (Wildman–Crippen LogP) is 4.78. The number of benzene rings is 4. The number of nitrogens with two attached hydrogens (primary N) is 3. The first-order chi connectivity index (χ1) is 24.2. The quantitative estimate of drug-likeness (QED) is 0.0328. The van der Waals surface area contributed by atoms with Gasteiger partial charge in [-0.15, -0.1) is 0 Å². The first-order valence-electron chi connectivity index (χ1n) is 15.9. The van der Waals surface area contributed by atoms with Gasteiger partial charge >= 0.3 is 11.9 Å². The Morgan fingerprint density at radius 1 is 0.540 bits per heavy atom. The van der Waals surface area contributed by atoms with Crippen molar-refractivity contribution in [3.63, 3.8) is 0 Å². The number of nitrogens with zero attached hydrogens (tertiary/aromatic N) is 1. The van der Waals surface area contributed by atoms with Crippen molar-refractivity contribution in [3.8, 4) is 23.0 Å². The van der Waals surface area contributed by atoms with Crippen molar-refractivity contribution in [3.05, 3.63) is 114 Å². The van der Waals surface area contributed by atoms with Crippen molar-refractivity contribution in [1.29, 1.82) is 5.41 Å². The van der Waals surface area contributed by atoms with E-state index in [2.05, 4.69) is 4.99 Å². The Morgan fingerprint density at radius 2 is 0.960 bits per heavy atom. The minimum Gasteiger partial charge on any atom is -0.494 e. The molecular formula is C37H41N5O8. The van der Waals surface area contributed by atoms with E-state index in [9.17, 15) is 9.59 Å². The highest BCUT2D eigenvalue weighted by molar-refractivity contribution is 5.91. The summed E-state index contributed by atoms with van der Waals surface area (Å²) in [6, 6.07) is 26.8. The molecule has 0 aliphatic heterocycles. The number of amidine groups is 1. The summed E-state index contributed by atoms with van der Waals surface area (Å²) >= 11 is 0. The highest BCUT2D eigenvalue weighted by Crippen LogP contribution is 2.20. The molecule has 262 valence electrons. The highest BCUT2D eigenvalue weighted by Gasteiger charge is 2.11. The van der Waals surface area contributed by atoms with Gasteiger partial charge in [0.15, 0.2) is 5.96 Å². The number of rotatable bonds is 20. The fourth-order valence-electron chi connectivity index (χ4n) is 4.36. The van der Waals surface area contributed by atoms with Gasteiger partial charge in [0, 0.05) is 32.5 Å². The minimum atomic E-state index is -0.493. The lowest BCUT2D eigenvalue weighted by atomic mass is 10.1. The molecule has 0 aliphatic carbocycles. The Kier molecular flexibility index (Phi) is 14.6. The number of aliphatic imine (C=N–C) groups is 1. The molecule has 0 radical (unpaired) electrons. The second-order valence-electron chi connectivity index (χ2n) is 10.8. The van der Waals surface area contributed by atoms with E-state index in [1.807, 2.05) is 0 Å². The highest BCUT2D eigenvalue weighted by atomic mass is 16.5. The lowest BCUT2D eigenvalue weighted by Crippen LogP contribution is -2.21. The van der Waals surface area contributed by atoms with Gasteiger partial charge in [0.2, 0.25) is 0 Å². The van der Waals surface area contributed by atoms with Crippen molar-refractivity contribution < 1.29 is 38.0 Å². The van der Waals surface area contributed by atoms with Crippen LogP contribution in [-0.4, -0.2) is 63.4 Å². The summed E-state index contributed by atoms with van der Waals surface area (Å²) < 4.78 is 33.4. The fourth-order valence-corrected chi connectivity index (χ4v) is 4.36. The molecule has 0 aliphatic rings. The van der Waals surface area contributed by atoms with Crippen molar-refractivity contribution in [1.82, 2.24) is 0 Å². The lowest BCUT2D eigenvalue weighted by Gasteiger charge is -2.09. The molecule has 13 heteroatoms. The summed E-state index contributed by atoms with van der Waals surface area (Å²) in [6.45, 7) is 2.91. The molecule has 4 aromatic carbocycles. The van der Waals surface area contributed by atoms with E-state index in [-0.39, 0.29) is 11.8 Å². The number of hydrogen-bond donors (Lipinski definition) is 4. The summed E-state index contributed by atoms with van der Waals surface area (Å²) in [5.74, 6) is 1.11. The zero-order valence-corrected chi connectivity index (χ0v) is 27.5. The monoisotopic (exact) mass is 683 g/mol. The molecule has 0 atom stereocenters. The third-order valence-corrected chi connectivity index (χ3v) is 6.79. The Bertz CT molecular complexity index is 1690. The molecule has 0 bridgehead atoms. The van der Waals surface area contributed by atoms with Crippen LogP contribution in [0, 0.1) is 5.41 Å². The van der Waals surface area contributed by atoms with Crippen LogP contribution in [0.1, 0.15) is 39.1 Å². The third-order valence-electron chi connectivity index (χ3n) is 6.79. The fraction of sp³-hybridized carbons (Fsp3) is 0.243. The number of ether oxygens (including phenoxy) is 6. The number of guanidine groups is 1. The standard InChI is InChI=1S/C37H41N5O8/c38-34(39)25-26-3-11-32(12-4-26)49-35(43)27-5-13-30(14-6-27)47-21-1-19-45-23-24-46-20-2-22-48-31-15-7-28(8-16-31)36(44)50-33-17-9-29(10-18-33)42-37(40)41/h3-18H,1-2,19-25H2,(H3,38,39)(H4,40,41,42). The van der Waals surface area contributed by atoms with Gasteiger partial charge < -0.3 is 45.6 Å². The average molecular weight is 684 g/mol. The van der Waals surface area contributed by atoms with Gasteiger partial charge in [-0.25, -0.2) is 14.6 Å². The molecule has 4 rings (SSSR count). The maximum atomic E-state index is 12.4. The molecular weight excluding hydrogens is 642 g/mol. The van der Waals surface area contributed by atoms with E-state index >= 15 is 0 Å². The topological polar surface area (TPSA) is 204 Å². The molecule has 0 heterocycles. The largest absolute Gasteiger partial charge is 0.494 e. The Balaban J connectivity index is 0.989. The second kappa shape index (κ2) is 19.8. The van der Waals surface area contributed by atoms with E-state index in [4.69, 9.17) is 51.0 Å². The molecule has 13 nitrogen and oxygen atoms in total. The van der Waals surface area contributed by atoms with Crippen molar-refractivity contribution in [2.75, 3.05) is 39.6 Å². The second-order valence-corrected chi connectivity index (χ2v) is 10.8. The van der Waals surface area contributed by atoms with Crippen molar-refractivity contribution in [2.45, 2.75) is 19.3 Å². The first kappa shape index (κ1) is 36.9. The van der Waals surface area contributed by atoms with Crippen LogP contribution in [0.2, 0.25) is 0 Å². The van der Waals surface area contributed by atoms with Crippen molar-refractivity contribution in [2.24, 2.45) is 22.2 Å². The number of hydrogen-bond acceptors (Lipinski definition) is 10. The van der Waals surface area contributed by atoms with Crippen LogP contribution in [0.5, 0.6) is 23.0 Å². The van der Waals surface area contributed by atoms with E-state index in [1.54, 1.807) is 97.1 Å². The van der Waals surface area contributed by atoms with Gasteiger partial charge in [0.05, 0.1) is 49.1 Å². The molecule has 0 spiro atoms. The smallest absolute Gasteiger partial charge is 0.343 e. The maximum Gasteiger partial charge on any atom is 0.343 e. The normalized spacial score (nSPS) is 10.6. The molecule has 50 heavy (non-hydrogen) atoms. The van der Waals surface area contributed by atoms with Crippen LogP contribution in [-0.2, 0) is 15.9 Å². The summed E-state index contributed by atoms with van der Waals surface area (Å²) in [5.41, 5.74) is 18.3. The van der Waals surface area contributed by atoms with Gasteiger partial charge in [0.25, 0.3) is 0 Å². The minimum absolute atomic E-state index is 0.0529. The summed E-state index contributed by atoms with van der Waals surface area (Å²) in [5, 5.41) is 7.35. The molecule has 7 N–H and O–H groups in total. The number of esters is 2. The SMILES string of the molecule is N=C(N)Cc1ccc(OC(=O)c2ccc(OCCCOCCOCCCOc3ccc(C(=O)Oc4ccc(N=C(N)N)cc4)cc3)cc2)cc1. The van der Waals surface area contributed by atoms with E-state index in [0.29, 0.717) is 98.7 Å². The third kappa shape index (κ3) is 13.3. The number of nitrogens with one attached hydrogen (secondary N) is 1. The maximum absolute atomic E-state index is 12.4. The Labute approximate surface area is 290 Å². The van der Waals surface area contributed by atoms with Crippen LogP contribution in [0.4, 0.5) is 5.69 Å². The summed E-state index contributed by atoms with van der Waals surface area (Å²) in [7, 11) is 0. The molecule has 0 saturated carbocycles. The zero-order valence-electron chi connectivity index (χ0n) is 27.5. The van der Waals surface area contributed by atoms with Gasteiger partial charge in [-0.2, -0.15) is 0 Å². The van der Waals surface area contributed by atoms with Crippen LogP contribution < -0.4 is 36.1 Å². The zero-order chi connectivity index (χ0) is 35.6. The molecule has 0 amide bonds. The molecule has 0 aromatic heterocycles. The van der Waals surface area contributed by atoms with Crippen LogP contribution in [0.15, 0.2) is 102 Å². The number of carbonyl (C=O) groups is 2. The average Bonchev–Trinajstić information content (AvgIpc) is 3.10. The summed E-state index contributed by atoms with van der Waals surface area (Å²) in [4.78, 5) is 28.8. The van der Waals surface area contributed by atoms with E-state index in [0.717, 1.165) is 5.56 Å². The molecule has 0 saturated heterocycles. The Hall–Kier alpha value is -5.92. The number of carbonyl (C=O) groups excluding carboxylic acids is 2. The molecule has 0 unspecified atom stereocenters. The lowest BCUT2D eigenvalue weighted by molar-refractivity contribution is 0.0397. The predicted molar refractivity (Wildman–Crippen MR) is 189 cm³/mol. The summed E-state index contributed by atoms with van der Waals surface area (Å²) in [6.07, 6.45) is 1.74. The molecule has 4 aromatic rings. The van der Waals surface area contributed by atoms with Gasteiger partial charge in [-0.1, -0.05) is 12.1 Å². The van der Waals surface area contributed by atoms with Crippen LogP contribution in [0.25, 0.3) is 0 Å². The Morgan fingerprint density at radius 3 is 1.38 bits per heavy atom. The van der Waals surface area contributed by atoms with Crippen LogP contribution >= 0.6 is 0 Å². The van der Waals surface area contributed by atoms with Gasteiger partial charge in [-0.05, 0) is 90.5 Å². The molecule has 0 fully saturated rings. The van der Waals surface area contributed by atoms with Gasteiger partial charge in [0.1, 0.15) is 23.0 Å².